The molecule has 1 aliphatic heterocycles. The second-order valence-corrected chi connectivity index (χ2v) is 6.72. The first-order valence-corrected chi connectivity index (χ1v) is 8.37. The molecule has 2 aromatic heterocycles. The highest BCUT2D eigenvalue weighted by Crippen LogP contribution is 2.32. The van der Waals surface area contributed by atoms with Gasteiger partial charge in [0.05, 0.1) is 5.56 Å². The first-order valence-electron chi connectivity index (χ1n) is 8.37. The molecule has 0 aliphatic carbocycles. The van der Waals surface area contributed by atoms with Gasteiger partial charge in [0, 0.05) is 52.0 Å². The molecule has 2 amide bonds. The average Bonchev–Trinajstić information content (AvgIpc) is 3.15. The fourth-order valence-electron chi connectivity index (χ4n) is 3.41. The minimum absolute atomic E-state index is 0.0144. The summed E-state index contributed by atoms with van der Waals surface area (Å²) in [7, 11) is 3.51. The Morgan fingerprint density at radius 2 is 1.92 bits per heavy atom. The zero-order valence-electron chi connectivity index (χ0n) is 14.8. The van der Waals surface area contributed by atoms with Crippen LogP contribution in [0.3, 0.4) is 0 Å². The number of rotatable bonds is 3. The van der Waals surface area contributed by atoms with Gasteiger partial charge in [-0.2, -0.15) is 5.10 Å². The first kappa shape index (κ1) is 17.1. The third-order valence-corrected chi connectivity index (χ3v) is 4.75. The number of aryl methyl sites for hydroxylation is 1. The minimum atomic E-state index is -0.728. The lowest BCUT2D eigenvalue weighted by molar-refractivity contribution is -0.141. The monoisotopic (exact) mass is 341 g/mol. The third kappa shape index (κ3) is 3.14. The van der Waals surface area contributed by atoms with Gasteiger partial charge >= 0.3 is 0 Å². The fraction of sp³-hybridized carbons (Fsp3) is 0.444. The molecule has 1 saturated heterocycles. The van der Waals surface area contributed by atoms with Gasteiger partial charge in [-0.05, 0) is 37.5 Å². The predicted octanol–water partition coefficient (Wildman–Crippen LogP) is 1.31. The maximum absolute atomic E-state index is 12.9. The summed E-state index contributed by atoms with van der Waals surface area (Å²) in [5.41, 5.74) is 0.816. The summed E-state index contributed by atoms with van der Waals surface area (Å²) in [4.78, 5) is 33.1. The number of hydrogen-bond acceptors (Lipinski definition) is 4. The number of hydrogen-bond donors (Lipinski definition) is 0. The van der Waals surface area contributed by atoms with E-state index >= 15 is 0 Å². The number of nitrogens with zero attached hydrogens (tertiary/aromatic N) is 5. The molecule has 0 atom stereocenters. The molecule has 3 rings (SSSR count). The van der Waals surface area contributed by atoms with Gasteiger partial charge in [0.25, 0.3) is 5.91 Å². The van der Waals surface area contributed by atoms with Crippen LogP contribution in [0.5, 0.6) is 0 Å². The average molecular weight is 341 g/mol. The molecule has 7 heteroatoms. The fourth-order valence-corrected chi connectivity index (χ4v) is 3.41. The predicted molar refractivity (Wildman–Crippen MR) is 93.0 cm³/mol. The molecule has 0 unspecified atom stereocenters. The van der Waals surface area contributed by atoms with Crippen LogP contribution < -0.4 is 0 Å². The topological polar surface area (TPSA) is 71.3 Å². The highest BCUT2D eigenvalue weighted by atomic mass is 16.2. The standard InChI is InChI=1S/C18H23N5O2/c1-14-11-15(13-19-12-14)16(24)22-9-5-18(6-10-22,17(25)21(2)3)23-8-4-7-20-23/h4,7-8,11-13H,5-6,9-10H2,1-3H3. The van der Waals surface area contributed by atoms with E-state index in [0.717, 1.165) is 5.56 Å². The number of amides is 2. The van der Waals surface area contributed by atoms with Crippen molar-refractivity contribution in [1.29, 1.82) is 0 Å². The SMILES string of the molecule is Cc1cncc(C(=O)N2CCC(C(=O)N(C)C)(n3cccn3)CC2)c1. The Morgan fingerprint density at radius 1 is 1.20 bits per heavy atom. The molecule has 0 saturated carbocycles. The molecule has 25 heavy (non-hydrogen) atoms. The van der Waals surface area contributed by atoms with Crippen LogP contribution >= 0.6 is 0 Å². The summed E-state index contributed by atoms with van der Waals surface area (Å²) < 4.78 is 1.74. The zero-order valence-corrected chi connectivity index (χ0v) is 14.8. The molecule has 0 aromatic carbocycles. The van der Waals surface area contributed by atoms with Gasteiger partial charge in [-0.3, -0.25) is 19.3 Å². The quantitative estimate of drug-likeness (QED) is 0.844. The Kier molecular flexibility index (Phi) is 4.57. The summed E-state index contributed by atoms with van der Waals surface area (Å²) in [6, 6.07) is 3.66. The van der Waals surface area contributed by atoms with Gasteiger partial charge in [0.15, 0.2) is 0 Å². The largest absolute Gasteiger partial charge is 0.347 e. The summed E-state index contributed by atoms with van der Waals surface area (Å²) in [5.74, 6) is -0.0249. The van der Waals surface area contributed by atoms with Crippen molar-refractivity contribution in [1.82, 2.24) is 24.6 Å². The lowest BCUT2D eigenvalue weighted by Gasteiger charge is -2.42. The molecule has 1 fully saturated rings. The van der Waals surface area contributed by atoms with E-state index in [1.165, 1.54) is 0 Å². The Hall–Kier alpha value is -2.70. The lowest BCUT2D eigenvalue weighted by atomic mass is 9.86. The number of likely N-dealkylation sites (N-methyl/N-ethyl adjacent to an activating group) is 1. The van der Waals surface area contributed by atoms with E-state index in [9.17, 15) is 9.59 Å². The normalized spacial score (nSPS) is 16.5. The van der Waals surface area contributed by atoms with Crippen LogP contribution in [-0.4, -0.2) is 63.6 Å². The second kappa shape index (κ2) is 6.66. The van der Waals surface area contributed by atoms with Crippen LogP contribution in [0, 0.1) is 6.92 Å². The van der Waals surface area contributed by atoms with Gasteiger partial charge in [0.2, 0.25) is 5.91 Å². The number of carbonyl (C=O) groups is 2. The van der Waals surface area contributed by atoms with Crippen molar-refractivity contribution in [3.8, 4) is 0 Å². The third-order valence-electron chi connectivity index (χ3n) is 4.75. The van der Waals surface area contributed by atoms with E-state index in [-0.39, 0.29) is 11.8 Å². The number of aromatic nitrogens is 3. The zero-order chi connectivity index (χ0) is 18.0. The van der Waals surface area contributed by atoms with E-state index in [1.807, 2.05) is 25.3 Å². The van der Waals surface area contributed by atoms with Crippen LogP contribution in [0.2, 0.25) is 0 Å². The molecule has 3 heterocycles. The molecular weight excluding hydrogens is 318 g/mol. The Bertz CT molecular complexity index is 762. The van der Waals surface area contributed by atoms with Gasteiger partial charge in [-0.1, -0.05) is 0 Å². The Morgan fingerprint density at radius 3 is 2.48 bits per heavy atom. The first-order chi connectivity index (χ1) is 11.9. The lowest BCUT2D eigenvalue weighted by Crippen LogP contribution is -2.55. The van der Waals surface area contributed by atoms with Crippen molar-refractivity contribution in [3.05, 3.63) is 48.0 Å². The van der Waals surface area contributed by atoms with E-state index in [1.54, 1.807) is 47.2 Å². The molecule has 7 nitrogen and oxygen atoms in total. The molecule has 0 bridgehead atoms. The highest BCUT2D eigenvalue weighted by Gasteiger charge is 2.45. The molecule has 132 valence electrons. The van der Waals surface area contributed by atoms with E-state index in [0.29, 0.717) is 31.5 Å². The summed E-state index contributed by atoms with van der Waals surface area (Å²) >= 11 is 0. The van der Waals surface area contributed by atoms with Crippen molar-refractivity contribution in [3.63, 3.8) is 0 Å². The van der Waals surface area contributed by atoms with Crippen molar-refractivity contribution in [2.24, 2.45) is 0 Å². The maximum Gasteiger partial charge on any atom is 0.255 e. The van der Waals surface area contributed by atoms with Crippen molar-refractivity contribution in [2.75, 3.05) is 27.2 Å². The Balaban J connectivity index is 1.81. The molecule has 0 radical (unpaired) electrons. The molecule has 1 aliphatic rings. The second-order valence-electron chi connectivity index (χ2n) is 6.72. The van der Waals surface area contributed by atoms with Crippen LogP contribution in [0.1, 0.15) is 28.8 Å². The smallest absolute Gasteiger partial charge is 0.255 e. The van der Waals surface area contributed by atoms with Gasteiger partial charge in [-0.15, -0.1) is 0 Å². The van der Waals surface area contributed by atoms with Crippen LogP contribution in [0.25, 0.3) is 0 Å². The van der Waals surface area contributed by atoms with Crippen molar-refractivity contribution >= 4 is 11.8 Å². The Labute approximate surface area is 147 Å². The number of pyridine rings is 1. The number of piperidine rings is 1. The molecule has 0 spiro atoms. The van der Waals surface area contributed by atoms with E-state index < -0.39 is 5.54 Å². The van der Waals surface area contributed by atoms with Crippen LogP contribution in [0.4, 0.5) is 0 Å². The maximum atomic E-state index is 12.9. The van der Waals surface area contributed by atoms with Gasteiger partial charge in [-0.25, -0.2) is 0 Å². The van der Waals surface area contributed by atoms with Gasteiger partial charge < -0.3 is 9.80 Å². The van der Waals surface area contributed by atoms with Gasteiger partial charge in [0.1, 0.15) is 5.54 Å². The van der Waals surface area contributed by atoms with Crippen molar-refractivity contribution < 1.29 is 9.59 Å². The number of likely N-dealkylation sites (tertiary alicyclic amines) is 1. The summed E-state index contributed by atoms with van der Waals surface area (Å²) in [5, 5.41) is 4.31. The molecule has 0 N–H and O–H groups in total. The van der Waals surface area contributed by atoms with Crippen LogP contribution in [-0.2, 0) is 10.3 Å². The molecule has 2 aromatic rings. The molecular formula is C18H23N5O2. The minimum Gasteiger partial charge on any atom is -0.347 e. The number of carbonyl (C=O) groups excluding carboxylic acids is 2. The van der Waals surface area contributed by atoms with Crippen molar-refractivity contribution in [2.45, 2.75) is 25.3 Å². The van der Waals surface area contributed by atoms with Crippen LogP contribution in [0.15, 0.2) is 36.9 Å². The summed E-state index contributed by atoms with van der Waals surface area (Å²) in [6.45, 7) is 2.93. The summed E-state index contributed by atoms with van der Waals surface area (Å²) in [6.07, 6.45) is 7.90. The van der Waals surface area contributed by atoms with E-state index in [2.05, 4.69) is 10.1 Å². The van der Waals surface area contributed by atoms with E-state index in [4.69, 9.17) is 0 Å². The highest BCUT2D eigenvalue weighted by molar-refractivity contribution is 5.94.